The number of carbonyl (C=O) groups is 2. The van der Waals surface area contributed by atoms with Crippen molar-refractivity contribution in [2.75, 3.05) is 12.4 Å². The molecule has 2 rings (SSSR count). The third-order valence-corrected chi connectivity index (χ3v) is 4.30. The Morgan fingerprint density at radius 3 is 2.68 bits per heavy atom. The Kier molecular flexibility index (Phi) is 6.28. The largest absolute Gasteiger partial charge is 0.339 e. The van der Waals surface area contributed by atoms with Gasteiger partial charge in [-0.2, -0.15) is 0 Å². The highest BCUT2D eigenvalue weighted by atomic mass is 16.2. The van der Waals surface area contributed by atoms with Crippen LogP contribution in [0.5, 0.6) is 0 Å². The molecule has 2 aromatic rings. The normalized spacial score (nSPS) is 11.7. The van der Waals surface area contributed by atoms with Crippen LogP contribution in [-0.2, 0) is 11.2 Å². The number of nitrogens with one attached hydrogen (secondary N) is 1. The predicted molar refractivity (Wildman–Crippen MR) is 99.6 cm³/mol. The minimum Gasteiger partial charge on any atom is -0.339 e. The molecule has 0 radical (unpaired) electrons. The zero-order valence-electron chi connectivity index (χ0n) is 15.2. The van der Waals surface area contributed by atoms with Gasteiger partial charge in [-0.25, -0.2) is 0 Å². The predicted octanol–water partition coefficient (Wildman–Crippen LogP) is 3.44. The molecule has 0 spiro atoms. The second kappa shape index (κ2) is 8.42. The van der Waals surface area contributed by atoms with E-state index in [0.29, 0.717) is 24.1 Å². The molecule has 0 aliphatic carbocycles. The Balaban J connectivity index is 2.09. The first-order chi connectivity index (χ1) is 11.9. The maximum atomic E-state index is 12.8. The van der Waals surface area contributed by atoms with E-state index in [4.69, 9.17) is 0 Å². The molecular formula is C20H25N3O2. The summed E-state index contributed by atoms with van der Waals surface area (Å²) in [7, 11) is 1.79. The molecule has 132 valence electrons. The molecule has 0 saturated carbocycles. The number of likely N-dealkylation sites (N-methyl/N-ethyl adjacent to an activating group) is 1. The molecule has 5 nitrogen and oxygen atoms in total. The minimum atomic E-state index is -0.0753. The second-order valence-electron chi connectivity index (χ2n) is 6.22. The highest BCUT2D eigenvalue weighted by molar-refractivity contribution is 5.97. The number of nitrogens with zero attached hydrogens (tertiary/aromatic N) is 2. The molecule has 0 fully saturated rings. The van der Waals surface area contributed by atoms with Crippen LogP contribution >= 0.6 is 0 Å². The standard InChI is InChI=1S/C20H25N3O2/c1-5-19(24)22-17-10-6-9-16(13-17)20(25)23(4)15(3)12-18-14(2)8-7-11-21-18/h6-11,13,15H,5,12H2,1-4H3,(H,22,24)/t15-/m1/s1. The van der Waals surface area contributed by atoms with Gasteiger partial charge in [0, 0.05) is 49.1 Å². The minimum absolute atomic E-state index is 0.00925. The molecule has 2 amide bonds. The lowest BCUT2D eigenvalue weighted by molar-refractivity contribution is -0.115. The molecule has 0 saturated heterocycles. The first-order valence-corrected chi connectivity index (χ1v) is 8.50. The van der Waals surface area contributed by atoms with Gasteiger partial charge in [0.25, 0.3) is 5.91 Å². The van der Waals surface area contributed by atoms with Crippen LogP contribution in [0.2, 0.25) is 0 Å². The monoisotopic (exact) mass is 339 g/mol. The van der Waals surface area contributed by atoms with Crippen molar-refractivity contribution in [3.05, 3.63) is 59.4 Å². The molecule has 0 bridgehead atoms. The maximum Gasteiger partial charge on any atom is 0.253 e. The summed E-state index contributed by atoms with van der Waals surface area (Å²) in [5.74, 6) is -0.148. The average Bonchev–Trinajstić information content (AvgIpc) is 2.62. The van der Waals surface area contributed by atoms with Gasteiger partial charge < -0.3 is 10.2 Å². The molecule has 1 heterocycles. The zero-order chi connectivity index (χ0) is 18.4. The SMILES string of the molecule is CCC(=O)Nc1cccc(C(=O)N(C)[C@H](C)Cc2ncccc2C)c1. The molecule has 0 aliphatic heterocycles. The summed E-state index contributed by atoms with van der Waals surface area (Å²) in [6.07, 6.45) is 2.87. The third-order valence-electron chi connectivity index (χ3n) is 4.30. The van der Waals surface area contributed by atoms with E-state index in [1.807, 2.05) is 26.0 Å². The molecule has 1 N–H and O–H groups in total. The zero-order valence-corrected chi connectivity index (χ0v) is 15.2. The number of aromatic nitrogens is 1. The van der Waals surface area contributed by atoms with E-state index >= 15 is 0 Å². The fourth-order valence-electron chi connectivity index (χ4n) is 2.53. The van der Waals surface area contributed by atoms with E-state index in [2.05, 4.69) is 10.3 Å². The lowest BCUT2D eigenvalue weighted by Crippen LogP contribution is -2.36. The first-order valence-electron chi connectivity index (χ1n) is 8.50. The first kappa shape index (κ1) is 18.6. The van der Waals surface area contributed by atoms with Gasteiger partial charge in [-0.1, -0.05) is 19.1 Å². The number of hydrogen-bond donors (Lipinski definition) is 1. The number of pyridine rings is 1. The molecular weight excluding hydrogens is 314 g/mol. The van der Waals surface area contributed by atoms with Crippen molar-refractivity contribution in [2.45, 2.75) is 39.7 Å². The second-order valence-corrected chi connectivity index (χ2v) is 6.22. The lowest BCUT2D eigenvalue weighted by atomic mass is 10.1. The molecule has 1 aromatic carbocycles. The Bertz CT molecular complexity index is 758. The highest BCUT2D eigenvalue weighted by Gasteiger charge is 2.19. The van der Waals surface area contributed by atoms with Gasteiger partial charge in [0.05, 0.1) is 0 Å². The van der Waals surface area contributed by atoms with Crippen LogP contribution in [0.1, 0.15) is 41.9 Å². The fourth-order valence-corrected chi connectivity index (χ4v) is 2.53. The molecule has 0 aliphatic rings. The van der Waals surface area contributed by atoms with Crippen LogP contribution < -0.4 is 5.32 Å². The summed E-state index contributed by atoms with van der Waals surface area (Å²) in [6.45, 7) is 5.82. The molecule has 5 heteroatoms. The van der Waals surface area contributed by atoms with E-state index < -0.39 is 0 Å². The Hall–Kier alpha value is -2.69. The smallest absolute Gasteiger partial charge is 0.253 e. The number of benzene rings is 1. The van der Waals surface area contributed by atoms with Crippen LogP contribution in [0.3, 0.4) is 0 Å². The number of rotatable bonds is 6. The van der Waals surface area contributed by atoms with Gasteiger partial charge in [-0.15, -0.1) is 0 Å². The van der Waals surface area contributed by atoms with Crippen molar-refractivity contribution in [3.63, 3.8) is 0 Å². The molecule has 1 aromatic heterocycles. The Labute approximate surface area is 149 Å². The van der Waals surface area contributed by atoms with Crippen LogP contribution in [0, 0.1) is 6.92 Å². The Morgan fingerprint density at radius 1 is 1.24 bits per heavy atom. The van der Waals surface area contributed by atoms with Crippen molar-refractivity contribution < 1.29 is 9.59 Å². The van der Waals surface area contributed by atoms with E-state index in [9.17, 15) is 9.59 Å². The van der Waals surface area contributed by atoms with Gasteiger partial charge in [0.2, 0.25) is 5.91 Å². The summed E-state index contributed by atoms with van der Waals surface area (Å²) in [5.41, 5.74) is 3.32. The quantitative estimate of drug-likeness (QED) is 0.877. The van der Waals surface area contributed by atoms with Crippen LogP contribution in [-0.4, -0.2) is 34.8 Å². The number of carbonyl (C=O) groups excluding carboxylic acids is 2. The van der Waals surface area contributed by atoms with Crippen molar-refractivity contribution in [1.82, 2.24) is 9.88 Å². The van der Waals surface area contributed by atoms with E-state index in [1.54, 1.807) is 49.3 Å². The van der Waals surface area contributed by atoms with E-state index in [1.165, 1.54) is 0 Å². The van der Waals surface area contributed by atoms with E-state index in [0.717, 1.165) is 11.3 Å². The Morgan fingerprint density at radius 2 is 2.00 bits per heavy atom. The van der Waals surface area contributed by atoms with Crippen molar-refractivity contribution >= 4 is 17.5 Å². The number of aryl methyl sites for hydroxylation is 1. The van der Waals surface area contributed by atoms with Crippen molar-refractivity contribution in [2.24, 2.45) is 0 Å². The van der Waals surface area contributed by atoms with Crippen molar-refractivity contribution in [1.29, 1.82) is 0 Å². The third kappa shape index (κ3) is 4.89. The average molecular weight is 339 g/mol. The fraction of sp³-hybridized carbons (Fsp3) is 0.350. The van der Waals surface area contributed by atoms with E-state index in [-0.39, 0.29) is 17.9 Å². The molecule has 25 heavy (non-hydrogen) atoms. The van der Waals surface area contributed by atoms with Gasteiger partial charge in [-0.3, -0.25) is 14.6 Å². The highest BCUT2D eigenvalue weighted by Crippen LogP contribution is 2.16. The van der Waals surface area contributed by atoms with Crippen LogP contribution in [0.15, 0.2) is 42.6 Å². The number of anilines is 1. The summed E-state index contributed by atoms with van der Waals surface area (Å²) >= 11 is 0. The van der Waals surface area contributed by atoms with Crippen molar-refractivity contribution in [3.8, 4) is 0 Å². The van der Waals surface area contributed by atoms with Gasteiger partial charge in [0.1, 0.15) is 0 Å². The lowest BCUT2D eigenvalue weighted by Gasteiger charge is -2.25. The van der Waals surface area contributed by atoms with Crippen LogP contribution in [0.4, 0.5) is 5.69 Å². The van der Waals surface area contributed by atoms with Gasteiger partial charge in [-0.05, 0) is 43.7 Å². The number of hydrogen-bond acceptors (Lipinski definition) is 3. The summed E-state index contributed by atoms with van der Waals surface area (Å²) in [4.78, 5) is 30.4. The topological polar surface area (TPSA) is 62.3 Å². The van der Waals surface area contributed by atoms with Gasteiger partial charge >= 0.3 is 0 Å². The molecule has 1 atom stereocenters. The van der Waals surface area contributed by atoms with Crippen LogP contribution in [0.25, 0.3) is 0 Å². The maximum absolute atomic E-state index is 12.8. The number of amides is 2. The summed E-state index contributed by atoms with van der Waals surface area (Å²) in [6, 6.07) is 11.0. The summed E-state index contributed by atoms with van der Waals surface area (Å²) in [5, 5.41) is 2.78. The summed E-state index contributed by atoms with van der Waals surface area (Å²) < 4.78 is 0. The van der Waals surface area contributed by atoms with Gasteiger partial charge in [0.15, 0.2) is 0 Å². The molecule has 0 unspecified atom stereocenters.